The summed E-state index contributed by atoms with van der Waals surface area (Å²) < 4.78 is 0. The summed E-state index contributed by atoms with van der Waals surface area (Å²) in [6.45, 7) is 6.78. The van der Waals surface area contributed by atoms with Crippen molar-refractivity contribution in [2.24, 2.45) is 17.8 Å². The second kappa shape index (κ2) is 7.38. The van der Waals surface area contributed by atoms with E-state index in [4.69, 9.17) is 0 Å². The molecule has 0 spiro atoms. The van der Waals surface area contributed by atoms with Crippen molar-refractivity contribution in [2.75, 3.05) is 26.2 Å². The Labute approximate surface area is 107 Å². The molecule has 0 heterocycles. The van der Waals surface area contributed by atoms with E-state index in [2.05, 4.69) is 17.6 Å². The van der Waals surface area contributed by atoms with Crippen molar-refractivity contribution in [3.8, 4) is 0 Å². The van der Waals surface area contributed by atoms with Gasteiger partial charge in [-0.2, -0.15) is 0 Å². The predicted molar refractivity (Wildman–Crippen MR) is 74.2 cm³/mol. The van der Waals surface area contributed by atoms with Gasteiger partial charge in [-0.3, -0.25) is 0 Å². The SMILES string of the molecule is CCNCCNCC1CCC2CCCCC2C1. The molecule has 2 saturated carbocycles. The topological polar surface area (TPSA) is 24.1 Å². The molecule has 0 amide bonds. The molecule has 0 aliphatic heterocycles. The number of hydrogen-bond donors (Lipinski definition) is 2. The highest BCUT2D eigenvalue weighted by molar-refractivity contribution is 4.83. The molecule has 3 atom stereocenters. The molecule has 2 aliphatic rings. The summed E-state index contributed by atoms with van der Waals surface area (Å²) in [6, 6.07) is 0. The first kappa shape index (κ1) is 13.4. The molecule has 0 radical (unpaired) electrons. The van der Waals surface area contributed by atoms with Crippen molar-refractivity contribution < 1.29 is 0 Å². The minimum atomic E-state index is 0.968. The third-order valence-electron chi connectivity index (χ3n) is 4.81. The van der Waals surface area contributed by atoms with Crippen molar-refractivity contribution in [1.82, 2.24) is 10.6 Å². The lowest BCUT2D eigenvalue weighted by Gasteiger charge is -2.39. The predicted octanol–water partition coefficient (Wildman–Crippen LogP) is 2.79. The second-order valence-corrected chi connectivity index (χ2v) is 6.04. The highest BCUT2D eigenvalue weighted by Crippen LogP contribution is 2.42. The quantitative estimate of drug-likeness (QED) is 0.695. The van der Waals surface area contributed by atoms with E-state index in [1.165, 1.54) is 51.5 Å². The molecule has 0 aromatic heterocycles. The van der Waals surface area contributed by atoms with Gasteiger partial charge >= 0.3 is 0 Å². The van der Waals surface area contributed by atoms with Crippen LogP contribution in [0.1, 0.15) is 51.9 Å². The van der Waals surface area contributed by atoms with E-state index in [0.29, 0.717) is 0 Å². The van der Waals surface area contributed by atoms with Gasteiger partial charge in [-0.1, -0.05) is 32.6 Å². The lowest BCUT2D eigenvalue weighted by molar-refractivity contribution is 0.129. The van der Waals surface area contributed by atoms with Gasteiger partial charge in [0.05, 0.1) is 0 Å². The number of hydrogen-bond acceptors (Lipinski definition) is 2. The molecule has 2 rings (SSSR count). The average Bonchev–Trinajstić information content (AvgIpc) is 2.38. The molecule has 17 heavy (non-hydrogen) atoms. The molecule has 2 fully saturated rings. The molecular formula is C15H30N2. The summed E-state index contributed by atoms with van der Waals surface area (Å²) in [5, 5.41) is 6.99. The zero-order valence-electron chi connectivity index (χ0n) is 11.5. The van der Waals surface area contributed by atoms with Gasteiger partial charge in [0.15, 0.2) is 0 Å². The lowest BCUT2D eigenvalue weighted by Crippen LogP contribution is -2.35. The van der Waals surface area contributed by atoms with Gasteiger partial charge in [0.1, 0.15) is 0 Å². The molecular weight excluding hydrogens is 208 g/mol. The van der Waals surface area contributed by atoms with Crippen LogP contribution >= 0.6 is 0 Å². The zero-order chi connectivity index (χ0) is 11.9. The summed E-state index contributed by atoms with van der Waals surface area (Å²) in [5.41, 5.74) is 0. The van der Waals surface area contributed by atoms with Crippen LogP contribution in [0, 0.1) is 17.8 Å². The largest absolute Gasteiger partial charge is 0.316 e. The van der Waals surface area contributed by atoms with E-state index in [-0.39, 0.29) is 0 Å². The summed E-state index contributed by atoms with van der Waals surface area (Å²) in [4.78, 5) is 0. The Kier molecular flexibility index (Phi) is 5.79. The fourth-order valence-electron chi connectivity index (χ4n) is 3.82. The number of fused-ring (bicyclic) bond motifs is 1. The van der Waals surface area contributed by atoms with Crippen molar-refractivity contribution in [3.63, 3.8) is 0 Å². The average molecular weight is 238 g/mol. The van der Waals surface area contributed by atoms with E-state index in [9.17, 15) is 0 Å². The lowest BCUT2D eigenvalue weighted by atomic mass is 9.67. The molecule has 3 unspecified atom stereocenters. The summed E-state index contributed by atoms with van der Waals surface area (Å²) in [5.74, 6) is 3.15. The number of rotatable bonds is 6. The first-order valence-corrected chi connectivity index (χ1v) is 7.81. The van der Waals surface area contributed by atoms with Gasteiger partial charge < -0.3 is 10.6 Å². The number of likely N-dealkylation sites (N-methyl/N-ethyl adjacent to an activating group) is 1. The Hall–Kier alpha value is -0.0800. The standard InChI is InChI=1S/C15H30N2/c1-2-16-9-10-17-12-13-7-8-14-5-3-4-6-15(14)11-13/h13-17H,2-12H2,1H3. The fourth-order valence-corrected chi connectivity index (χ4v) is 3.82. The van der Waals surface area contributed by atoms with Crippen LogP contribution in [-0.4, -0.2) is 26.2 Å². The Morgan fingerprint density at radius 1 is 0.882 bits per heavy atom. The van der Waals surface area contributed by atoms with Crippen LogP contribution < -0.4 is 10.6 Å². The highest BCUT2D eigenvalue weighted by atomic mass is 14.9. The Morgan fingerprint density at radius 2 is 1.65 bits per heavy atom. The van der Waals surface area contributed by atoms with Crippen molar-refractivity contribution in [1.29, 1.82) is 0 Å². The molecule has 0 saturated heterocycles. The van der Waals surface area contributed by atoms with Crippen LogP contribution in [0.15, 0.2) is 0 Å². The van der Waals surface area contributed by atoms with Gasteiger partial charge in [-0.05, 0) is 50.1 Å². The minimum absolute atomic E-state index is 0.968. The summed E-state index contributed by atoms with van der Waals surface area (Å²) in [6.07, 6.45) is 10.6. The number of nitrogens with one attached hydrogen (secondary N) is 2. The van der Waals surface area contributed by atoms with Gasteiger partial charge in [-0.25, -0.2) is 0 Å². The maximum absolute atomic E-state index is 3.62. The molecule has 2 heteroatoms. The smallest absolute Gasteiger partial charge is 0.00768 e. The van der Waals surface area contributed by atoms with Crippen molar-refractivity contribution in [3.05, 3.63) is 0 Å². The molecule has 2 nitrogen and oxygen atoms in total. The highest BCUT2D eigenvalue weighted by Gasteiger charge is 2.31. The van der Waals surface area contributed by atoms with Gasteiger partial charge in [0, 0.05) is 13.1 Å². The first-order chi connectivity index (χ1) is 8.40. The summed E-state index contributed by atoms with van der Waals surface area (Å²) in [7, 11) is 0. The van der Waals surface area contributed by atoms with Crippen LogP contribution in [0.25, 0.3) is 0 Å². The maximum atomic E-state index is 3.62. The van der Waals surface area contributed by atoms with Gasteiger partial charge in [0.25, 0.3) is 0 Å². The molecule has 0 aromatic rings. The second-order valence-electron chi connectivity index (χ2n) is 6.04. The summed E-state index contributed by atoms with van der Waals surface area (Å²) >= 11 is 0. The minimum Gasteiger partial charge on any atom is -0.316 e. The third-order valence-corrected chi connectivity index (χ3v) is 4.81. The van der Waals surface area contributed by atoms with E-state index in [1.54, 1.807) is 0 Å². The normalized spacial score (nSPS) is 33.4. The Balaban J connectivity index is 1.59. The van der Waals surface area contributed by atoms with Crippen LogP contribution in [0.3, 0.4) is 0 Å². The van der Waals surface area contributed by atoms with Gasteiger partial charge in [0.2, 0.25) is 0 Å². The van der Waals surface area contributed by atoms with Crippen LogP contribution in [0.4, 0.5) is 0 Å². The van der Waals surface area contributed by atoms with Crippen molar-refractivity contribution in [2.45, 2.75) is 51.9 Å². The van der Waals surface area contributed by atoms with E-state index in [0.717, 1.165) is 37.4 Å². The third kappa shape index (κ3) is 4.26. The van der Waals surface area contributed by atoms with Crippen LogP contribution in [0.5, 0.6) is 0 Å². The molecule has 2 aliphatic carbocycles. The maximum Gasteiger partial charge on any atom is 0.00768 e. The van der Waals surface area contributed by atoms with Gasteiger partial charge in [-0.15, -0.1) is 0 Å². The Morgan fingerprint density at radius 3 is 2.47 bits per heavy atom. The van der Waals surface area contributed by atoms with E-state index >= 15 is 0 Å². The molecule has 0 aromatic carbocycles. The molecule has 100 valence electrons. The first-order valence-electron chi connectivity index (χ1n) is 7.81. The monoisotopic (exact) mass is 238 g/mol. The zero-order valence-corrected chi connectivity index (χ0v) is 11.5. The van der Waals surface area contributed by atoms with Crippen molar-refractivity contribution >= 4 is 0 Å². The molecule has 2 N–H and O–H groups in total. The van der Waals surface area contributed by atoms with Crippen LogP contribution in [-0.2, 0) is 0 Å². The van der Waals surface area contributed by atoms with E-state index in [1.807, 2.05) is 0 Å². The molecule has 0 bridgehead atoms. The van der Waals surface area contributed by atoms with Crippen LogP contribution in [0.2, 0.25) is 0 Å². The Bertz CT molecular complexity index is 205. The fraction of sp³-hybridized carbons (Fsp3) is 1.00. The van der Waals surface area contributed by atoms with E-state index < -0.39 is 0 Å².